The number of ether oxygens (including phenoxy) is 1. The first kappa shape index (κ1) is 17.9. The van der Waals surface area contributed by atoms with Crippen LogP contribution < -0.4 is 15.4 Å². The number of aryl methyl sites for hydroxylation is 2. The van der Waals surface area contributed by atoms with E-state index in [1.165, 1.54) is 0 Å². The number of aliphatic hydroxyl groups excluding tert-OH is 1. The van der Waals surface area contributed by atoms with Gasteiger partial charge >= 0.3 is 11.8 Å². The van der Waals surface area contributed by atoms with E-state index < -0.39 is 17.9 Å². The van der Waals surface area contributed by atoms with Gasteiger partial charge in [-0.3, -0.25) is 9.59 Å². The van der Waals surface area contributed by atoms with Gasteiger partial charge in [-0.2, -0.15) is 0 Å². The molecule has 1 atom stereocenters. The molecule has 0 radical (unpaired) electrons. The number of nitrogens with one attached hydrogen (secondary N) is 2. The van der Waals surface area contributed by atoms with E-state index in [4.69, 9.17) is 4.74 Å². The van der Waals surface area contributed by atoms with Gasteiger partial charge in [0.2, 0.25) is 0 Å². The van der Waals surface area contributed by atoms with Crippen molar-refractivity contribution in [2.75, 3.05) is 18.5 Å². The topological polar surface area (TPSA) is 87.7 Å². The van der Waals surface area contributed by atoms with Crippen molar-refractivity contribution in [3.05, 3.63) is 58.7 Å². The SMILES string of the molecule is Cc1ccc(NC(=O)C(=O)NC[C@@H](O)c2ccc3c(c2)CCO3)cc1C. The van der Waals surface area contributed by atoms with Crippen LogP contribution in [0.3, 0.4) is 0 Å². The number of carbonyl (C=O) groups excluding carboxylic acids is 2. The van der Waals surface area contributed by atoms with Gasteiger partial charge in [-0.1, -0.05) is 12.1 Å². The lowest BCUT2D eigenvalue weighted by Crippen LogP contribution is -2.37. The maximum atomic E-state index is 12.0. The molecule has 0 saturated carbocycles. The Bertz CT molecular complexity index is 848. The lowest BCUT2D eigenvalue weighted by Gasteiger charge is -2.13. The summed E-state index contributed by atoms with van der Waals surface area (Å²) in [6.07, 6.45) is -0.0834. The molecule has 2 aromatic rings. The standard InChI is InChI=1S/C20H22N2O4/c1-12-3-5-16(9-13(12)2)22-20(25)19(24)21-11-17(23)14-4-6-18-15(10-14)7-8-26-18/h3-6,9-10,17,23H,7-8,11H2,1-2H3,(H,21,24)(H,22,25)/t17-/m1/s1. The second kappa shape index (κ2) is 7.58. The van der Waals surface area contributed by atoms with E-state index in [-0.39, 0.29) is 6.54 Å². The fourth-order valence-corrected chi connectivity index (χ4v) is 2.81. The van der Waals surface area contributed by atoms with Crippen molar-refractivity contribution in [1.29, 1.82) is 0 Å². The quantitative estimate of drug-likeness (QED) is 0.733. The van der Waals surface area contributed by atoms with Crippen molar-refractivity contribution in [3.8, 4) is 5.75 Å². The summed E-state index contributed by atoms with van der Waals surface area (Å²) in [6, 6.07) is 10.9. The van der Waals surface area contributed by atoms with Gasteiger partial charge < -0.3 is 20.5 Å². The number of rotatable bonds is 4. The van der Waals surface area contributed by atoms with Gasteiger partial charge in [0.1, 0.15) is 5.75 Å². The van der Waals surface area contributed by atoms with Gasteiger partial charge in [0.15, 0.2) is 0 Å². The molecule has 6 heteroatoms. The first-order valence-corrected chi connectivity index (χ1v) is 8.54. The highest BCUT2D eigenvalue weighted by molar-refractivity contribution is 6.39. The number of fused-ring (bicyclic) bond motifs is 1. The molecule has 26 heavy (non-hydrogen) atoms. The van der Waals surface area contributed by atoms with Crippen molar-refractivity contribution < 1.29 is 19.4 Å². The van der Waals surface area contributed by atoms with Gasteiger partial charge in [-0.15, -0.1) is 0 Å². The summed E-state index contributed by atoms with van der Waals surface area (Å²) in [5, 5.41) is 15.3. The fourth-order valence-electron chi connectivity index (χ4n) is 2.81. The largest absolute Gasteiger partial charge is 0.493 e. The first-order chi connectivity index (χ1) is 12.4. The molecule has 0 aromatic heterocycles. The third-order valence-corrected chi connectivity index (χ3v) is 4.53. The molecule has 0 spiro atoms. The smallest absolute Gasteiger partial charge is 0.313 e. The van der Waals surface area contributed by atoms with Crippen LogP contribution in [0.2, 0.25) is 0 Å². The number of aliphatic hydroxyl groups is 1. The number of benzene rings is 2. The van der Waals surface area contributed by atoms with E-state index in [1.54, 1.807) is 12.1 Å². The number of hydrogen-bond acceptors (Lipinski definition) is 4. The highest BCUT2D eigenvalue weighted by Gasteiger charge is 2.18. The van der Waals surface area contributed by atoms with E-state index in [2.05, 4.69) is 10.6 Å². The van der Waals surface area contributed by atoms with Crippen molar-refractivity contribution >= 4 is 17.5 Å². The van der Waals surface area contributed by atoms with Crippen LogP contribution in [0.1, 0.15) is 28.4 Å². The molecule has 0 aliphatic carbocycles. The number of hydrogen-bond donors (Lipinski definition) is 3. The van der Waals surface area contributed by atoms with Gasteiger partial charge in [0, 0.05) is 18.7 Å². The summed E-state index contributed by atoms with van der Waals surface area (Å²) in [5.74, 6) is -0.715. The van der Waals surface area contributed by atoms with Crippen LogP contribution in [-0.2, 0) is 16.0 Å². The molecule has 1 aliphatic rings. The third kappa shape index (κ3) is 4.03. The molecule has 6 nitrogen and oxygen atoms in total. The van der Waals surface area contributed by atoms with Crippen molar-refractivity contribution in [3.63, 3.8) is 0 Å². The van der Waals surface area contributed by atoms with Crippen molar-refractivity contribution in [2.24, 2.45) is 0 Å². The van der Waals surface area contributed by atoms with Crippen LogP contribution in [-0.4, -0.2) is 30.1 Å². The Morgan fingerprint density at radius 1 is 1.12 bits per heavy atom. The second-order valence-corrected chi connectivity index (χ2v) is 6.44. The minimum Gasteiger partial charge on any atom is -0.493 e. The van der Waals surface area contributed by atoms with Gasteiger partial charge in [0.25, 0.3) is 0 Å². The lowest BCUT2D eigenvalue weighted by molar-refractivity contribution is -0.136. The zero-order valence-electron chi connectivity index (χ0n) is 14.8. The summed E-state index contributed by atoms with van der Waals surface area (Å²) in [4.78, 5) is 24.0. The molecule has 1 aliphatic heterocycles. The summed E-state index contributed by atoms with van der Waals surface area (Å²) in [5.41, 5.74) is 4.42. The van der Waals surface area contributed by atoms with Gasteiger partial charge in [0.05, 0.1) is 12.7 Å². The van der Waals surface area contributed by atoms with Gasteiger partial charge in [-0.05, 0) is 60.4 Å². The Hall–Kier alpha value is -2.86. The molecule has 3 N–H and O–H groups in total. The van der Waals surface area contributed by atoms with E-state index in [1.807, 2.05) is 38.1 Å². The first-order valence-electron chi connectivity index (χ1n) is 8.54. The maximum absolute atomic E-state index is 12.0. The van der Waals surface area contributed by atoms with Gasteiger partial charge in [-0.25, -0.2) is 0 Å². The highest BCUT2D eigenvalue weighted by Crippen LogP contribution is 2.28. The van der Waals surface area contributed by atoms with E-state index in [0.29, 0.717) is 17.9 Å². The van der Waals surface area contributed by atoms with Crippen LogP contribution in [0, 0.1) is 13.8 Å². The molecule has 2 amide bonds. The molecule has 0 bridgehead atoms. The predicted octanol–water partition coefficient (Wildman–Crippen LogP) is 2.03. The van der Waals surface area contributed by atoms with Crippen molar-refractivity contribution in [2.45, 2.75) is 26.4 Å². The normalized spacial score (nSPS) is 13.5. The Kier molecular flexibility index (Phi) is 5.23. The Labute approximate surface area is 152 Å². The second-order valence-electron chi connectivity index (χ2n) is 6.44. The van der Waals surface area contributed by atoms with E-state index in [9.17, 15) is 14.7 Å². The number of amides is 2. The van der Waals surface area contributed by atoms with Crippen LogP contribution >= 0.6 is 0 Å². The number of carbonyl (C=O) groups is 2. The molecule has 1 heterocycles. The lowest BCUT2D eigenvalue weighted by atomic mass is 10.0. The molecule has 0 saturated heterocycles. The van der Waals surface area contributed by atoms with Crippen LogP contribution in [0.25, 0.3) is 0 Å². The van der Waals surface area contributed by atoms with Crippen molar-refractivity contribution in [1.82, 2.24) is 5.32 Å². The summed E-state index contributed by atoms with van der Waals surface area (Å²) in [6.45, 7) is 4.51. The zero-order valence-corrected chi connectivity index (χ0v) is 14.8. The van der Waals surface area contributed by atoms with Crippen LogP contribution in [0.15, 0.2) is 36.4 Å². The molecule has 3 rings (SSSR count). The fraction of sp³-hybridized carbons (Fsp3) is 0.300. The highest BCUT2D eigenvalue weighted by atomic mass is 16.5. The Morgan fingerprint density at radius 2 is 1.92 bits per heavy atom. The minimum absolute atomic E-state index is 0.0428. The Balaban J connectivity index is 1.54. The molecule has 0 unspecified atom stereocenters. The number of anilines is 1. The summed E-state index contributed by atoms with van der Waals surface area (Å²) in [7, 11) is 0. The van der Waals surface area contributed by atoms with E-state index in [0.717, 1.165) is 28.9 Å². The predicted molar refractivity (Wildman–Crippen MR) is 98.2 cm³/mol. The summed E-state index contributed by atoms with van der Waals surface area (Å²) < 4.78 is 5.43. The Morgan fingerprint density at radius 3 is 2.69 bits per heavy atom. The van der Waals surface area contributed by atoms with Crippen LogP contribution in [0.4, 0.5) is 5.69 Å². The monoisotopic (exact) mass is 354 g/mol. The van der Waals surface area contributed by atoms with Crippen LogP contribution in [0.5, 0.6) is 5.75 Å². The zero-order chi connectivity index (χ0) is 18.7. The molecular formula is C20H22N2O4. The van der Waals surface area contributed by atoms with E-state index >= 15 is 0 Å². The summed E-state index contributed by atoms with van der Waals surface area (Å²) >= 11 is 0. The third-order valence-electron chi connectivity index (χ3n) is 4.53. The molecule has 136 valence electrons. The average molecular weight is 354 g/mol. The molecular weight excluding hydrogens is 332 g/mol. The maximum Gasteiger partial charge on any atom is 0.313 e. The average Bonchev–Trinajstić information content (AvgIpc) is 3.10. The molecule has 0 fully saturated rings. The minimum atomic E-state index is -0.890. The molecule has 2 aromatic carbocycles.